The molecule has 4 rings (SSSR count). The molecule has 0 bridgehead atoms. The van der Waals surface area contributed by atoms with Crippen LogP contribution < -0.4 is 10.6 Å². The van der Waals surface area contributed by atoms with E-state index < -0.39 is 0 Å². The highest BCUT2D eigenvalue weighted by atomic mass is 16.1. The summed E-state index contributed by atoms with van der Waals surface area (Å²) in [5.74, 6) is 0.971. The molecule has 1 aliphatic heterocycles. The fourth-order valence-corrected chi connectivity index (χ4v) is 4.59. The third kappa shape index (κ3) is 2.36. The van der Waals surface area contributed by atoms with Crippen LogP contribution in [0.3, 0.4) is 0 Å². The van der Waals surface area contributed by atoms with Crippen molar-refractivity contribution in [2.24, 2.45) is 0 Å². The van der Waals surface area contributed by atoms with E-state index in [0.29, 0.717) is 24.4 Å². The Balaban J connectivity index is 1.36. The van der Waals surface area contributed by atoms with Gasteiger partial charge in [-0.3, -0.25) is 4.79 Å². The summed E-state index contributed by atoms with van der Waals surface area (Å²) in [7, 11) is 0. The molecule has 1 amide bonds. The van der Waals surface area contributed by atoms with E-state index in [0.717, 1.165) is 19.3 Å². The molecule has 3 aliphatic rings. The number of hydrogen-bond donors (Lipinski definition) is 2. The van der Waals surface area contributed by atoms with Crippen molar-refractivity contribution in [1.29, 1.82) is 0 Å². The highest BCUT2D eigenvalue weighted by Gasteiger charge is 2.48. The van der Waals surface area contributed by atoms with Crippen LogP contribution in [0.1, 0.15) is 62.0 Å². The van der Waals surface area contributed by atoms with Crippen LogP contribution in [0.5, 0.6) is 0 Å². The number of hydrogen-bond acceptors (Lipinski definition) is 2. The van der Waals surface area contributed by atoms with Crippen molar-refractivity contribution in [1.82, 2.24) is 10.6 Å². The van der Waals surface area contributed by atoms with Crippen molar-refractivity contribution in [3.63, 3.8) is 0 Å². The van der Waals surface area contributed by atoms with Gasteiger partial charge >= 0.3 is 0 Å². The smallest absolute Gasteiger partial charge is 0.220 e. The van der Waals surface area contributed by atoms with Gasteiger partial charge in [0.05, 0.1) is 5.54 Å². The lowest BCUT2D eigenvalue weighted by molar-refractivity contribution is -0.128. The molecule has 3 heteroatoms. The summed E-state index contributed by atoms with van der Waals surface area (Å²) in [5, 5.41) is 7.16. The SMILES string of the molecule is Cc1ccccc1C1CC(NC2CCC(=O)NC23CCC3)C1. The second-order valence-corrected chi connectivity index (χ2v) is 7.54. The normalized spacial score (nSPS) is 33.0. The van der Waals surface area contributed by atoms with Crippen LogP contribution in [-0.2, 0) is 4.79 Å². The number of benzene rings is 1. The monoisotopic (exact) mass is 298 g/mol. The van der Waals surface area contributed by atoms with Crippen molar-refractivity contribution in [2.75, 3.05) is 0 Å². The van der Waals surface area contributed by atoms with Gasteiger partial charge in [0, 0.05) is 18.5 Å². The van der Waals surface area contributed by atoms with Crippen molar-refractivity contribution >= 4 is 5.91 Å². The van der Waals surface area contributed by atoms with Gasteiger partial charge < -0.3 is 10.6 Å². The molecule has 1 saturated heterocycles. The van der Waals surface area contributed by atoms with E-state index in [1.54, 1.807) is 0 Å². The van der Waals surface area contributed by atoms with Crippen LogP contribution in [0.25, 0.3) is 0 Å². The fraction of sp³-hybridized carbons (Fsp3) is 0.632. The average molecular weight is 298 g/mol. The lowest BCUT2D eigenvalue weighted by Gasteiger charge is -2.53. The Hall–Kier alpha value is -1.35. The molecule has 2 aliphatic carbocycles. The van der Waals surface area contributed by atoms with Crippen LogP contribution in [0.2, 0.25) is 0 Å². The second-order valence-electron chi connectivity index (χ2n) is 7.54. The molecule has 0 radical (unpaired) electrons. The Bertz CT molecular complexity index is 573. The summed E-state index contributed by atoms with van der Waals surface area (Å²) < 4.78 is 0. The lowest BCUT2D eigenvalue weighted by Crippen LogP contribution is -2.69. The highest BCUT2D eigenvalue weighted by molar-refractivity contribution is 5.78. The Labute approximate surface area is 132 Å². The average Bonchev–Trinajstić information content (AvgIpc) is 2.43. The van der Waals surface area contributed by atoms with Gasteiger partial charge in [-0.05, 0) is 62.5 Å². The van der Waals surface area contributed by atoms with E-state index >= 15 is 0 Å². The van der Waals surface area contributed by atoms with Crippen LogP contribution in [-0.4, -0.2) is 23.5 Å². The van der Waals surface area contributed by atoms with E-state index in [9.17, 15) is 4.79 Å². The maximum absolute atomic E-state index is 11.7. The molecule has 2 N–H and O–H groups in total. The molecule has 1 unspecified atom stereocenters. The first-order valence-electron chi connectivity index (χ1n) is 8.79. The Morgan fingerprint density at radius 3 is 2.68 bits per heavy atom. The van der Waals surface area contributed by atoms with Crippen molar-refractivity contribution in [3.8, 4) is 0 Å². The largest absolute Gasteiger partial charge is 0.349 e. The minimum atomic E-state index is 0.0864. The van der Waals surface area contributed by atoms with Gasteiger partial charge in [-0.2, -0.15) is 0 Å². The van der Waals surface area contributed by atoms with Gasteiger partial charge in [0.15, 0.2) is 0 Å². The zero-order valence-corrected chi connectivity index (χ0v) is 13.4. The predicted octanol–water partition coefficient (Wildman–Crippen LogP) is 3.03. The third-order valence-corrected chi connectivity index (χ3v) is 6.16. The molecular formula is C19H26N2O. The van der Waals surface area contributed by atoms with Crippen LogP contribution in [0, 0.1) is 6.92 Å². The molecule has 1 heterocycles. The van der Waals surface area contributed by atoms with Crippen LogP contribution >= 0.6 is 0 Å². The summed E-state index contributed by atoms with van der Waals surface area (Å²) in [6.07, 6.45) is 7.76. The lowest BCUT2D eigenvalue weighted by atomic mass is 9.67. The summed E-state index contributed by atoms with van der Waals surface area (Å²) in [5.41, 5.74) is 3.03. The zero-order chi connectivity index (χ0) is 15.2. The highest BCUT2D eigenvalue weighted by Crippen LogP contribution is 2.42. The molecule has 3 nitrogen and oxygen atoms in total. The molecule has 1 spiro atoms. The maximum Gasteiger partial charge on any atom is 0.220 e. The van der Waals surface area contributed by atoms with E-state index in [1.807, 2.05) is 0 Å². The Kier molecular flexibility index (Phi) is 3.48. The van der Waals surface area contributed by atoms with Crippen molar-refractivity contribution in [3.05, 3.63) is 35.4 Å². The molecule has 1 atom stereocenters. The van der Waals surface area contributed by atoms with Crippen molar-refractivity contribution < 1.29 is 4.79 Å². The van der Waals surface area contributed by atoms with Gasteiger partial charge in [-0.15, -0.1) is 0 Å². The van der Waals surface area contributed by atoms with Gasteiger partial charge in [-0.25, -0.2) is 0 Å². The van der Waals surface area contributed by atoms with Gasteiger partial charge in [0.2, 0.25) is 5.91 Å². The fourth-order valence-electron chi connectivity index (χ4n) is 4.59. The number of rotatable bonds is 3. The number of nitrogens with one attached hydrogen (secondary N) is 2. The van der Waals surface area contributed by atoms with Gasteiger partial charge in [-0.1, -0.05) is 24.3 Å². The van der Waals surface area contributed by atoms with Crippen molar-refractivity contribution in [2.45, 2.75) is 75.4 Å². The number of piperidine rings is 1. The van der Waals surface area contributed by atoms with E-state index in [2.05, 4.69) is 41.8 Å². The summed E-state index contributed by atoms with van der Waals surface area (Å²) >= 11 is 0. The minimum absolute atomic E-state index is 0.0864. The molecule has 118 valence electrons. The van der Waals surface area contributed by atoms with Gasteiger partial charge in [0.25, 0.3) is 0 Å². The van der Waals surface area contributed by atoms with Gasteiger partial charge in [0.1, 0.15) is 0 Å². The summed E-state index contributed by atoms with van der Waals surface area (Å²) in [6, 6.07) is 9.89. The molecular weight excluding hydrogens is 272 g/mol. The molecule has 3 fully saturated rings. The molecule has 22 heavy (non-hydrogen) atoms. The molecule has 1 aromatic rings. The first-order chi connectivity index (χ1) is 10.7. The number of carbonyl (C=O) groups excluding carboxylic acids is 1. The Morgan fingerprint density at radius 2 is 2.00 bits per heavy atom. The number of carbonyl (C=O) groups is 1. The standard InChI is InChI=1S/C19H26N2O/c1-13-5-2-3-6-16(13)14-11-15(12-14)20-17-7-8-18(22)21-19(17)9-4-10-19/h2-3,5-6,14-15,17,20H,4,7-12H2,1H3,(H,21,22). The van der Waals surface area contributed by atoms with Crippen LogP contribution in [0.15, 0.2) is 24.3 Å². The topological polar surface area (TPSA) is 41.1 Å². The van der Waals surface area contributed by atoms with E-state index in [4.69, 9.17) is 0 Å². The zero-order valence-electron chi connectivity index (χ0n) is 13.4. The number of amides is 1. The Morgan fingerprint density at radius 1 is 1.23 bits per heavy atom. The molecule has 0 aromatic heterocycles. The first kappa shape index (κ1) is 14.3. The van der Waals surface area contributed by atoms with Crippen LogP contribution in [0.4, 0.5) is 0 Å². The molecule has 1 aromatic carbocycles. The first-order valence-corrected chi connectivity index (χ1v) is 8.79. The van der Waals surface area contributed by atoms with E-state index in [-0.39, 0.29) is 11.4 Å². The minimum Gasteiger partial charge on any atom is -0.349 e. The van der Waals surface area contributed by atoms with E-state index in [1.165, 1.54) is 30.4 Å². The number of aryl methyl sites for hydroxylation is 1. The summed E-state index contributed by atoms with van der Waals surface area (Å²) in [4.78, 5) is 11.7. The second kappa shape index (κ2) is 5.38. The quantitative estimate of drug-likeness (QED) is 0.900. The third-order valence-electron chi connectivity index (χ3n) is 6.16. The maximum atomic E-state index is 11.7. The summed E-state index contributed by atoms with van der Waals surface area (Å²) in [6.45, 7) is 2.22. The molecule has 2 saturated carbocycles. The predicted molar refractivity (Wildman–Crippen MR) is 87.8 cm³/mol.